The van der Waals surface area contributed by atoms with E-state index >= 15 is 0 Å². The van der Waals surface area contributed by atoms with E-state index in [0.29, 0.717) is 6.04 Å². The van der Waals surface area contributed by atoms with Gasteiger partial charge in [0, 0.05) is 12.6 Å². The van der Waals surface area contributed by atoms with Crippen LogP contribution in [0, 0.1) is 6.92 Å². The zero-order valence-corrected chi connectivity index (χ0v) is 9.75. The molecular formula is C11H20N4. The maximum absolute atomic E-state index is 4.01. The normalized spacial score (nSPS) is 19.3. The maximum Gasteiger partial charge on any atom is 0.149 e. The molecule has 0 bridgehead atoms. The van der Waals surface area contributed by atoms with E-state index < -0.39 is 0 Å². The Balaban J connectivity index is 0.000000531. The first-order valence-electron chi connectivity index (χ1n) is 5.61. The maximum atomic E-state index is 4.01. The van der Waals surface area contributed by atoms with E-state index in [-0.39, 0.29) is 0 Å². The van der Waals surface area contributed by atoms with Crippen LogP contribution in [0.4, 0.5) is 5.82 Å². The van der Waals surface area contributed by atoms with Gasteiger partial charge >= 0.3 is 0 Å². The summed E-state index contributed by atoms with van der Waals surface area (Å²) in [5.74, 6) is 0.883. The van der Waals surface area contributed by atoms with E-state index in [1.807, 2.05) is 26.8 Å². The molecule has 4 nitrogen and oxygen atoms in total. The standard InChI is InChI=1S/C9H14N4.C2H6/c1-7-4-9(13-11-5-7)12-8-2-3-10-6-8;1-2/h4-5,8,10H,2-3,6H2,1H3,(H,12,13);1-2H3. The van der Waals surface area contributed by atoms with Crippen molar-refractivity contribution in [1.29, 1.82) is 0 Å². The summed E-state index contributed by atoms with van der Waals surface area (Å²) in [4.78, 5) is 0. The molecule has 1 aliphatic rings. The number of nitrogens with one attached hydrogen (secondary N) is 2. The second-order valence-corrected chi connectivity index (χ2v) is 3.45. The summed E-state index contributed by atoms with van der Waals surface area (Å²) in [6.45, 7) is 8.14. The summed E-state index contributed by atoms with van der Waals surface area (Å²) in [5, 5.41) is 14.5. The number of aryl methyl sites for hydroxylation is 1. The fraction of sp³-hybridized carbons (Fsp3) is 0.636. The van der Waals surface area contributed by atoms with Crippen molar-refractivity contribution in [3.63, 3.8) is 0 Å². The van der Waals surface area contributed by atoms with Gasteiger partial charge in [0.15, 0.2) is 0 Å². The molecule has 1 saturated heterocycles. The minimum atomic E-state index is 0.510. The smallest absolute Gasteiger partial charge is 0.149 e. The Kier molecular flexibility index (Phi) is 5.04. The van der Waals surface area contributed by atoms with Crippen LogP contribution in [0.25, 0.3) is 0 Å². The van der Waals surface area contributed by atoms with Crippen LogP contribution in [0.5, 0.6) is 0 Å². The molecule has 1 aliphatic heterocycles. The van der Waals surface area contributed by atoms with Crippen LogP contribution >= 0.6 is 0 Å². The summed E-state index contributed by atoms with van der Waals surface area (Å²) in [7, 11) is 0. The molecule has 1 aromatic heterocycles. The highest BCUT2D eigenvalue weighted by atomic mass is 15.2. The molecule has 2 rings (SSSR count). The highest BCUT2D eigenvalue weighted by Gasteiger charge is 2.14. The fourth-order valence-electron chi connectivity index (χ4n) is 1.52. The Hall–Kier alpha value is -1.16. The minimum absolute atomic E-state index is 0.510. The largest absolute Gasteiger partial charge is 0.365 e. The van der Waals surface area contributed by atoms with Crippen molar-refractivity contribution < 1.29 is 0 Å². The molecule has 2 heterocycles. The Morgan fingerprint density at radius 3 is 2.87 bits per heavy atom. The molecule has 15 heavy (non-hydrogen) atoms. The van der Waals surface area contributed by atoms with Crippen LogP contribution in [0.2, 0.25) is 0 Å². The summed E-state index contributed by atoms with van der Waals surface area (Å²) in [6, 6.07) is 2.53. The zero-order valence-electron chi connectivity index (χ0n) is 9.75. The molecular weight excluding hydrogens is 188 g/mol. The molecule has 0 saturated carbocycles. The van der Waals surface area contributed by atoms with Gasteiger partial charge in [-0.25, -0.2) is 0 Å². The summed E-state index contributed by atoms with van der Waals surface area (Å²) in [6.07, 6.45) is 2.92. The van der Waals surface area contributed by atoms with Gasteiger partial charge < -0.3 is 10.6 Å². The summed E-state index contributed by atoms with van der Waals surface area (Å²) < 4.78 is 0. The monoisotopic (exact) mass is 208 g/mol. The van der Waals surface area contributed by atoms with E-state index in [1.165, 1.54) is 0 Å². The van der Waals surface area contributed by atoms with Gasteiger partial charge in [-0.15, -0.1) is 5.10 Å². The molecule has 0 amide bonds. The van der Waals surface area contributed by atoms with E-state index in [9.17, 15) is 0 Å². The van der Waals surface area contributed by atoms with Gasteiger partial charge in [-0.1, -0.05) is 13.8 Å². The number of aromatic nitrogens is 2. The first-order chi connectivity index (χ1) is 7.34. The van der Waals surface area contributed by atoms with Crippen LogP contribution in [0.15, 0.2) is 12.3 Å². The van der Waals surface area contributed by atoms with Gasteiger partial charge in [0.05, 0.1) is 6.20 Å². The molecule has 84 valence electrons. The number of rotatable bonds is 2. The Labute approximate surface area is 91.5 Å². The van der Waals surface area contributed by atoms with Gasteiger partial charge in [-0.2, -0.15) is 5.10 Å². The minimum Gasteiger partial charge on any atom is -0.365 e. The van der Waals surface area contributed by atoms with Crippen molar-refractivity contribution in [2.75, 3.05) is 18.4 Å². The molecule has 2 N–H and O–H groups in total. The number of nitrogens with zero attached hydrogens (tertiary/aromatic N) is 2. The fourth-order valence-corrected chi connectivity index (χ4v) is 1.52. The van der Waals surface area contributed by atoms with Crippen molar-refractivity contribution in [3.05, 3.63) is 17.8 Å². The lowest BCUT2D eigenvalue weighted by Gasteiger charge is -2.10. The van der Waals surface area contributed by atoms with Gasteiger partial charge in [0.1, 0.15) is 5.82 Å². The topological polar surface area (TPSA) is 49.8 Å². The predicted octanol–water partition coefficient (Wildman–Crippen LogP) is 1.59. The molecule has 0 radical (unpaired) electrons. The molecule has 1 aromatic rings. The first-order valence-corrected chi connectivity index (χ1v) is 5.61. The number of hydrogen-bond donors (Lipinski definition) is 2. The van der Waals surface area contributed by atoms with Gasteiger partial charge in [0.25, 0.3) is 0 Å². The lowest BCUT2D eigenvalue weighted by atomic mass is 10.2. The lowest BCUT2D eigenvalue weighted by Crippen LogP contribution is -2.22. The van der Waals surface area contributed by atoms with E-state index in [1.54, 1.807) is 6.20 Å². The van der Waals surface area contributed by atoms with Gasteiger partial charge in [0.2, 0.25) is 0 Å². The quantitative estimate of drug-likeness (QED) is 0.775. The van der Waals surface area contributed by atoms with Gasteiger partial charge in [-0.3, -0.25) is 0 Å². The molecule has 0 aliphatic carbocycles. The average molecular weight is 208 g/mol. The first kappa shape index (κ1) is 11.9. The van der Waals surface area contributed by atoms with E-state index in [2.05, 4.69) is 20.8 Å². The Bertz CT molecular complexity index is 282. The van der Waals surface area contributed by atoms with Crippen molar-refractivity contribution in [3.8, 4) is 0 Å². The SMILES string of the molecule is CC.Cc1cnnc(NC2CCNC2)c1. The third-order valence-corrected chi connectivity index (χ3v) is 2.20. The third-order valence-electron chi connectivity index (χ3n) is 2.20. The highest BCUT2D eigenvalue weighted by molar-refractivity contribution is 5.36. The Morgan fingerprint density at radius 2 is 2.27 bits per heavy atom. The molecule has 0 aromatic carbocycles. The highest BCUT2D eigenvalue weighted by Crippen LogP contribution is 2.08. The van der Waals surface area contributed by atoms with Crippen molar-refractivity contribution >= 4 is 5.82 Å². The number of anilines is 1. The molecule has 1 atom stereocenters. The lowest BCUT2D eigenvalue weighted by molar-refractivity contribution is 0.782. The van der Waals surface area contributed by atoms with Crippen LogP contribution in [0.1, 0.15) is 25.8 Å². The van der Waals surface area contributed by atoms with Crippen molar-refractivity contribution in [2.45, 2.75) is 33.2 Å². The third kappa shape index (κ3) is 3.83. The predicted molar refractivity (Wildman–Crippen MR) is 63.0 cm³/mol. The van der Waals surface area contributed by atoms with Gasteiger partial charge in [-0.05, 0) is 31.5 Å². The van der Waals surface area contributed by atoms with Crippen molar-refractivity contribution in [2.24, 2.45) is 0 Å². The van der Waals surface area contributed by atoms with Crippen LogP contribution in [0.3, 0.4) is 0 Å². The molecule has 1 fully saturated rings. The van der Waals surface area contributed by atoms with E-state index in [4.69, 9.17) is 0 Å². The summed E-state index contributed by atoms with van der Waals surface area (Å²) >= 11 is 0. The second kappa shape index (κ2) is 6.35. The Morgan fingerprint density at radius 1 is 1.47 bits per heavy atom. The molecule has 0 spiro atoms. The molecule has 1 unspecified atom stereocenters. The van der Waals surface area contributed by atoms with Crippen LogP contribution < -0.4 is 10.6 Å². The second-order valence-electron chi connectivity index (χ2n) is 3.45. The van der Waals surface area contributed by atoms with Crippen LogP contribution in [-0.2, 0) is 0 Å². The number of hydrogen-bond acceptors (Lipinski definition) is 4. The van der Waals surface area contributed by atoms with Crippen LogP contribution in [-0.4, -0.2) is 29.3 Å². The molecule has 4 heteroatoms. The van der Waals surface area contributed by atoms with E-state index in [0.717, 1.165) is 30.9 Å². The average Bonchev–Trinajstić information content (AvgIpc) is 2.74. The van der Waals surface area contributed by atoms with Crippen molar-refractivity contribution in [1.82, 2.24) is 15.5 Å². The summed E-state index contributed by atoms with van der Waals surface area (Å²) in [5.41, 5.74) is 1.14. The zero-order chi connectivity index (χ0) is 11.1.